The van der Waals surface area contributed by atoms with Gasteiger partial charge in [0, 0.05) is 24.8 Å². The van der Waals surface area contributed by atoms with Crippen LogP contribution in [0, 0.1) is 0 Å². The van der Waals surface area contributed by atoms with E-state index in [1.165, 1.54) is 11.9 Å². The van der Waals surface area contributed by atoms with Crippen LogP contribution >= 0.6 is 0 Å². The number of nitrogens with zero attached hydrogens (tertiary/aromatic N) is 3. The van der Waals surface area contributed by atoms with Gasteiger partial charge in [-0.15, -0.1) is 0 Å². The number of hydrogen-bond donors (Lipinski definition) is 1. The molecule has 0 unspecified atom stereocenters. The number of rotatable bonds is 6. The zero-order chi connectivity index (χ0) is 15.9. The number of aromatic nitrogens is 2. The number of anilines is 2. The minimum absolute atomic E-state index is 0.222. The Morgan fingerprint density at radius 1 is 1.09 bits per heavy atom. The van der Waals surface area contributed by atoms with Gasteiger partial charge in [0.05, 0.1) is 0 Å². The highest BCUT2D eigenvalue weighted by Crippen LogP contribution is 2.14. The number of aryl methyl sites for hydroxylation is 1. The average molecular weight is 298 g/mol. The van der Waals surface area contributed by atoms with Gasteiger partial charge < -0.3 is 10.2 Å². The van der Waals surface area contributed by atoms with Crippen LogP contribution in [0.5, 0.6) is 0 Å². The molecule has 0 aliphatic carbocycles. The fourth-order valence-corrected chi connectivity index (χ4v) is 2.21. The fourth-order valence-electron chi connectivity index (χ4n) is 2.21. The molecular formula is C17H22N4O. The van der Waals surface area contributed by atoms with Gasteiger partial charge in [0.2, 0.25) is 0 Å². The lowest BCUT2D eigenvalue weighted by Gasteiger charge is -2.19. The van der Waals surface area contributed by atoms with E-state index in [2.05, 4.69) is 41.0 Å². The van der Waals surface area contributed by atoms with Crippen LogP contribution in [0.3, 0.4) is 0 Å². The molecule has 22 heavy (non-hydrogen) atoms. The van der Waals surface area contributed by atoms with E-state index in [4.69, 9.17) is 0 Å². The van der Waals surface area contributed by atoms with Crippen LogP contribution < -0.4 is 10.2 Å². The SMILES string of the molecule is CCc1ccc(NC(=O)c2cc(N(CC)CC)ncn2)cc1. The Morgan fingerprint density at radius 3 is 2.36 bits per heavy atom. The minimum atomic E-state index is -0.222. The Labute approximate surface area is 131 Å². The van der Waals surface area contributed by atoms with E-state index in [1.807, 2.05) is 24.3 Å². The molecule has 5 nitrogen and oxygen atoms in total. The van der Waals surface area contributed by atoms with E-state index < -0.39 is 0 Å². The van der Waals surface area contributed by atoms with E-state index in [0.717, 1.165) is 31.0 Å². The number of carbonyl (C=O) groups excluding carboxylic acids is 1. The zero-order valence-electron chi connectivity index (χ0n) is 13.3. The second-order valence-electron chi connectivity index (χ2n) is 4.94. The van der Waals surface area contributed by atoms with Crippen molar-refractivity contribution in [1.29, 1.82) is 0 Å². The van der Waals surface area contributed by atoms with Crippen molar-refractivity contribution in [2.24, 2.45) is 0 Å². The molecule has 0 bridgehead atoms. The molecule has 1 heterocycles. The standard InChI is InChI=1S/C17H22N4O/c1-4-13-7-9-14(10-8-13)20-17(22)15-11-16(19-12-18-15)21(5-2)6-3/h7-12H,4-6H2,1-3H3,(H,20,22). The second kappa shape index (κ2) is 7.54. The van der Waals surface area contributed by atoms with Crippen molar-refractivity contribution in [3.63, 3.8) is 0 Å². The Balaban J connectivity index is 2.13. The summed E-state index contributed by atoms with van der Waals surface area (Å²) >= 11 is 0. The summed E-state index contributed by atoms with van der Waals surface area (Å²) in [7, 11) is 0. The lowest BCUT2D eigenvalue weighted by Crippen LogP contribution is -2.24. The second-order valence-corrected chi connectivity index (χ2v) is 4.94. The molecule has 1 N–H and O–H groups in total. The molecule has 0 saturated carbocycles. The lowest BCUT2D eigenvalue weighted by molar-refractivity contribution is 0.102. The molecule has 0 atom stereocenters. The molecule has 5 heteroatoms. The third-order valence-corrected chi connectivity index (χ3v) is 3.59. The summed E-state index contributed by atoms with van der Waals surface area (Å²) in [6.45, 7) is 7.89. The highest BCUT2D eigenvalue weighted by atomic mass is 16.1. The van der Waals surface area contributed by atoms with Crippen LogP contribution in [0.1, 0.15) is 36.8 Å². The highest BCUT2D eigenvalue weighted by molar-refractivity contribution is 6.03. The van der Waals surface area contributed by atoms with Crippen LogP contribution in [0.15, 0.2) is 36.7 Å². The van der Waals surface area contributed by atoms with E-state index in [0.29, 0.717) is 5.69 Å². The van der Waals surface area contributed by atoms with Crippen molar-refractivity contribution in [3.8, 4) is 0 Å². The summed E-state index contributed by atoms with van der Waals surface area (Å²) < 4.78 is 0. The molecule has 2 aromatic rings. The summed E-state index contributed by atoms with van der Waals surface area (Å²) in [4.78, 5) is 22.7. The first-order chi connectivity index (χ1) is 10.7. The van der Waals surface area contributed by atoms with Gasteiger partial charge in [0.25, 0.3) is 5.91 Å². The number of hydrogen-bond acceptors (Lipinski definition) is 4. The molecular weight excluding hydrogens is 276 g/mol. The highest BCUT2D eigenvalue weighted by Gasteiger charge is 2.11. The minimum Gasteiger partial charge on any atom is -0.357 e. The number of benzene rings is 1. The predicted octanol–water partition coefficient (Wildman–Crippen LogP) is 3.14. The molecule has 0 aliphatic rings. The molecule has 1 amide bonds. The average Bonchev–Trinajstić information content (AvgIpc) is 2.57. The Morgan fingerprint density at radius 2 is 1.77 bits per heavy atom. The van der Waals surface area contributed by atoms with Crippen LogP contribution in [-0.2, 0) is 6.42 Å². The first-order valence-corrected chi connectivity index (χ1v) is 7.65. The summed E-state index contributed by atoms with van der Waals surface area (Å²) in [5.41, 5.74) is 2.38. The van der Waals surface area contributed by atoms with Gasteiger partial charge in [0.1, 0.15) is 17.8 Å². The van der Waals surface area contributed by atoms with Gasteiger partial charge in [-0.3, -0.25) is 4.79 Å². The van der Waals surface area contributed by atoms with Crippen molar-refractivity contribution in [3.05, 3.63) is 47.9 Å². The van der Waals surface area contributed by atoms with E-state index in [-0.39, 0.29) is 5.91 Å². The van der Waals surface area contributed by atoms with Gasteiger partial charge in [-0.25, -0.2) is 9.97 Å². The monoisotopic (exact) mass is 298 g/mol. The topological polar surface area (TPSA) is 58.1 Å². The van der Waals surface area contributed by atoms with Crippen molar-refractivity contribution in [2.75, 3.05) is 23.3 Å². The predicted molar refractivity (Wildman–Crippen MR) is 89.4 cm³/mol. The van der Waals surface area contributed by atoms with Gasteiger partial charge in [-0.05, 0) is 38.0 Å². The molecule has 2 rings (SSSR count). The van der Waals surface area contributed by atoms with Crippen LogP contribution in [0.2, 0.25) is 0 Å². The smallest absolute Gasteiger partial charge is 0.274 e. The molecule has 0 radical (unpaired) electrons. The molecule has 1 aromatic carbocycles. The van der Waals surface area contributed by atoms with Crippen LogP contribution in [0.25, 0.3) is 0 Å². The Bertz CT molecular complexity index is 621. The van der Waals surface area contributed by atoms with Crippen molar-refractivity contribution >= 4 is 17.4 Å². The lowest BCUT2D eigenvalue weighted by atomic mass is 10.1. The maximum Gasteiger partial charge on any atom is 0.274 e. The fraction of sp³-hybridized carbons (Fsp3) is 0.353. The van der Waals surface area contributed by atoms with Gasteiger partial charge in [-0.1, -0.05) is 19.1 Å². The molecule has 116 valence electrons. The van der Waals surface area contributed by atoms with E-state index >= 15 is 0 Å². The van der Waals surface area contributed by atoms with Gasteiger partial charge >= 0.3 is 0 Å². The number of amides is 1. The molecule has 0 spiro atoms. The molecule has 0 fully saturated rings. The van der Waals surface area contributed by atoms with Crippen molar-refractivity contribution < 1.29 is 4.79 Å². The largest absolute Gasteiger partial charge is 0.357 e. The first kappa shape index (κ1) is 15.9. The summed E-state index contributed by atoms with van der Waals surface area (Å²) in [6.07, 6.45) is 2.41. The van der Waals surface area contributed by atoms with Crippen LogP contribution in [0.4, 0.5) is 11.5 Å². The van der Waals surface area contributed by atoms with Gasteiger partial charge in [-0.2, -0.15) is 0 Å². The number of carbonyl (C=O) groups is 1. The van der Waals surface area contributed by atoms with Gasteiger partial charge in [0.15, 0.2) is 0 Å². The maximum absolute atomic E-state index is 12.3. The van der Waals surface area contributed by atoms with E-state index in [9.17, 15) is 4.79 Å². The summed E-state index contributed by atoms with van der Waals surface area (Å²) in [5.74, 6) is 0.548. The normalized spacial score (nSPS) is 10.3. The van der Waals surface area contributed by atoms with Crippen molar-refractivity contribution in [2.45, 2.75) is 27.2 Å². The number of nitrogens with one attached hydrogen (secondary N) is 1. The third-order valence-electron chi connectivity index (χ3n) is 3.59. The quantitative estimate of drug-likeness (QED) is 0.890. The van der Waals surface area contributed by atoms with Crippen molar-refractivity contribution in [1.82, 2.24) is 9.97 Å². The molecule has 0 saturated heterocycles. The Hall–Kier alpha value is -2.43. The Kier molecular flexibility index (Phi) is 5.47. The third kappa shape index (κ3) is 3.81. The first-order valence-electron chi connectivity index (χ1n) is 7.65. The van der Waals surface area contributed by atoms with E-state index in [1.54, 1.807) is 6.07 Å². The maximum atomic E-state index is 12.3. The molecule has 0 aliphatic heterocycles. The summed E-state index contributed by atoms with van der Waals surface area (Å²) in [5, 5.41) is 2.86. The molecule has 1 aromatic heterocycles. The van der Waals surface area contributed by atoms with Crippen LogP contribution in [-0.4, -0.2) is 29.0 Å². The summed E-state index contributed by atoms with van der Waals surface area (Å²) in [6, 6.07) is 9.56. The zero-order valence-corrected chi connectivity index (χ0v) is 13.3.